The van der Waals surface area contributed by atoms with E-state index in [9.17, 15) is 0 Å². The van der Waals surface area contributed by atoms with Crippen LogP contribution < -0.4 is 10.6 Å². The summed E-state index contributed by atoms with van der Waals surface area (Å²) in [5, 5.41) is 7.56. The van der Waals surface area contributed by atoms with Crippen LogP contribution in [0.15, 0.2) is 24.3 Å². The van der Waals surface area contributed by atoms with E-state index in [0.717, 1.165) is 29.8 Å². The van der Waals surface area contributed by atoms with Crippen LogP contribution in [0.1, 0.15) is 13.8 Å². The molecule has 5 nitrogen and oxygen atoms in total. The quantitative estimate of drug-likeness (QED) is 0.855. The van der Waals surface area contributed by atoms with E-state index in [1.165, 1.54) is 0 Å². The molecular weight excluding hydrogens is 262 g/mol. The highest BCUT2D eigenvalue weighted by molar-refractivity contribution is 5.89. The molecule has 1 aromatic heterocycles. The molecule has 0 aliphatic heterocycles. The van der Waals surface area contributed by atoms with Crippen LogP contribution in [0.5, 0.6) is 0 Å². The van der Waals surface area contributed by atoms with Gasteiger partial charge in [-0.05, 0) is 31.6 Å². The minimum Gasteiger partial charge on any atom is -0.369 e. The highest BCUT2D eigenvalue weighted by atomic mass is 15.1. The molecule has 0 saturated carbocycles. The van der Waals surface area contributed by atoms with E-state index in [4.69, 9.17) is 0 Å². The summed E-state index contributed by atoms with van der Waals surface area (Å²) >= 11 is 0. The molecule has 0 aliphatic carbocycles. The lowest BCUT2D eigenvalue weighted by atomic mass is 9.93. The summed E-state index contributed by atoms with van der Waals surface area (Å²) in [4.78, 5) is 11.2. The third-order valence-corrected chi connectivity index (χ3v) is 3.31. The normalized spacial score (nSPS) is 11.9. The molecular formula is C16H25N5. The molecule has 2 aromatic rings. The number of rotatable bonds is 6. The Morgan fingerprint density at radius 1 is 1.14 bits per heavy atom. The molecule has 0 fully saturated rings. The number of anilines is 2. The van der Waals surface area contributed by atoms with E-state index < -0.39 is 0 Å². The largest absolute Gasteiger partial charge is 0.369 e. The lowest BCUT2D eigenvalue weighted by Crippen LogP contribution is -2.34. The van der Waals surface area contributed by atoms with Crippen LogP contribution in [-0.2, 0) is 0 Å². The highest BCUT2D eigenvalue weighted by Crippen LogP contribution is 2.24. The van der Waals surface area contributed by atoms with Crippen LogP contribution in [-0.4, -0.2) is 49.1 Å². The van der Waals surface area contributed by atoms with Crippen LogP contribution in [0.3, 0.4) is 0 Å². The monoisotopic (exact) mass is 287 g/mol. The van der Waals surface area contributed by atoms with Crippen LogP contribution in [0.2, 0.25) is 0 Å². The van der Waals surface area contributed by atoms with Crippen LogP contribution >= 0.6 is 0 Å². The molecule has 0 aliphatic rings. The fraction of sp³-hybridized carbons (Fsp3) is 0.500. The summed E-state index contributed by atoms with van der Waals surface area (Å²) in [6.45, 7) is 6.38. The summed E-state index contributed by atoms with van der Waals surface area (Å²) in [6, 6.07) is 8.07. The van der Waals surface area contributed by atoms with Gasteiger partial charge in [-0.25, -0.2) is 4.98 Å². The third-order valence-electron chi connectivity index (χ3n) is 3.31. The molecule has 21 heavy (non-hydrogen) atoms. The first kappa shape index (κ1) is 15.5. The van der Waals surface area contributed by atoms with E-state index in [1.54, 1.807) is 0 Å². The Kier molecular flexibility index (Phi) is 4.63. The first-order chi connectivity index (χ1) is 9.91. The van der Waals surface area contributed by atoms with Crippen molar-refractivity contribution in [1.82, 2.24) is 14.9 Å². The Labute approximate surface area is 126 Å². The predicted molar refractivity (Wildman–Crippen MR) is 89.9 cm³/mol. The van der Waals surface area contributed by atoms with Gasteiger partial charge in [-0.2, -0.15) is 4.98 Å². The number of fused-ring (bicyclic) bond motifs is 1. The van der Waals surface area contributed by atoms with Crippen LogP contribution in [0, 0.1) is 5.41 Å². The molecule has 0 spiro atoms. The number of benzene rings is 1. The third kappa shape index (κ3) is 4.04. The second kappa shape index (κ2) is 6.26. The van der Waals surface area contributed by atoms with Gasteiger partial charge in [-0.3, -0.25) is 0 Å². The Balaban J connectivity index is 2.25. The molecule has 0 atom stereocenters. The number of aromatic nitrogens is 2. The summed E-state index contributed by atoms with van der Waals surface area (Å²) < 4.78 is 0. The molecule has 2 rings (SSSR count). The molecule has 0 saturated heterocycles. The molecule has 0 unspecified atom stereocenters. The molecule has 2 N–H and O–H groups in total. The zero-order valence-electron chi connectivity index (χ0n) is 13.6. The standard InChI is InChI=1S/C16H25N5/c1-16(2,11-21(4)5)10-18-14-12-8-6-7-9-13(12)19-15(17-3)20-14/h6-9H,10-11H2,1-5H3,(H2,17,18,19,20). The van der Waals surface area contributed by atoms with Crippen LogP contribution in [0.25, 0.3) is 10.9 Å². The zero-order valence-corrected chi connectivity index (χ0v) is 13.6. The first-order valence-electron chi connectivity index (χ1n) is 7.24. The summed E-state index contributed by atoms with van der Waals surface area (Å²) in [5.41, 5.74) is 1.11. The van der Waals surface area contributed by atoms with Gasteiger partial charge in [-0.15, -0.1) is 0 Å². The molecule has 5 heteroatoms. The summed E-state index contributed by atoms with van der Waals surface area (Å²) in [7, 11) is 6.03. The second-order valence-corrected chi connectivity index (χ2v) is 6.42. The summed E-state index contributed by atoms with van der Waals surface area (Å²) in [5.74, 6) is 1.53. The molecule has 1 aromatic carbocycles. The van der Waals surface area contributed by atoms with Gasteiger partial charge in [-0.1, -0.05) is 26.0 Å². The average Bonchev–Trinajstić information content (AvgIpc) is 2.43. The van der Waals surface area contributed by atoms with E-state index in [1.807, 2.05) is 25.2 Å². The molecule has 0 amide bonds. The Bertz CT molecular complexity index is 607. The number of hydrogen-bond donors (Lipinski definition) is 2. The number of para-hydroxylation sites is 1. The van der Waals surface area contributed by atoms with Gasteiger partial charge < -0.3 is 15.5 Å². The fourth-order valence-electron chi connectivity index (χ4n) is 2.56. The Morgan fingerprint density at radius 3 is 2.52 bits per heavy atom. The lowest BCUT2D eigenvalue weighted by Gasteiger charge is -2.28. The molecule has 0 bridgehead atoms. The maximum atomic E-state index is 4.55. The SMILES string of the molecule is CNc1nc(NCC(C)(C)CN(C)C)c2ccccc2n1. The van der Waals surface area contributed by atoms with Crippen molar-refractivity contribution < 1.29 is 0 Å². The van der Waals surface area contributed by atoms with Crippen molar-refractivity contribution >= 4 is 22.7 Å². The van der Waals surface area contributed by atoms with Crippen molar-refractivity contribution in [3.8, 4) is 0 Å². The number of hydrogen-bond acceptors (Lipinski definition) is 5. The van der Waals surface area contributed by atoms with E-state index in [0.29, 0.717) is 5.95 Å². The highest BCUT2D eigenvalue weighted by Gasteiger charge is 2.19. The van der Waals surface area contributed by atoms with Gasteiger partial charge in [0, 0.05) is 25.5 Å². The van der Waals surface area contributed by atoms with Crippen molar-refractivity contribution in [2.45, 2.75) is 13.8 Å². The predicted octanol–water partition coefficient (Wildman–Crippen LogP) is 2.67. The second-order valence-electron chi connectivity index (χ2n) is 6.42. The smallest absolute Gasteiger partial charge is 0.224 e. The summed E-state index contributed by atoms with van der Waals surface area (Å²) in [6.07, 6.45) is 0. The average molecular weight is 287 g/mol. The molecule has 0 radical (unpaired) electrons. The molecule has 114 valence electrons. The van der Waals surface area contributed by atoms with E-state index in [2.05, 4.69) is 59.5 Å². The van der Waals surface area contributed by atoms with E-state index in [-0.39, 0.29) is 5.41 Å². The topological polar surface area (TPSA) is 53.1 Å². The van der Waals surface area contributed by atoms with Gasteiger partial charge in [0.05, 0.1) is 5.52 Å². The zero-order chi connectivity index (χ0) is 15.5. The van der Waals surface area contributed by atoms with Crippen molar-refractivity contribution in [3.05, 3.63) is 24.3 Å². The Morgan fingerprint density at radius 2 is 1.86 bits per heavy atom. The van der Waals surface area contributed by atoms with Crippen molar-refractivity contribution in [2.75, 3.05) is 44.9 Å². The first-order valence-corrected chi connectivity index (χ1v) is 7.24. The molecule has 1 heterocycles. The van der Waals surface area contributed by atoms with Crippen molar-refractivity contribution in [2.24, 2.45) is 5.41 Å². The number of nitrogens with one attached hydrogen (secondary N) is 2. The van der Waals surface area contributed by atoms with Gasteiger partial charge in [0.15, 0.2) is 0 Å². The van der Waals surface area contributed by atoms with Gasteiger partial charge in [0.25, 0.3) is 0 Å². The minimum absolute atomic E-state index is 0.162. The minimum atomic E-state index is 0.162. The van der Waals surface area contributed by atoms with Crippen molar-refractivity contribution in [3.63, 3.8) is 0 Å². The van der Waals surface area contributed by atoms with Gasteiger partial charge >= 0.3 is 0 Å². The van der Waals surface area contributed by atoms with E-state index >= 15 is 0 Å². The van der Waals surface area contributed by atoms with Crippen molar-refractivity contribution in [1.29, 1.82) is 0 Å². The lowest BCUT2D eigenvalue weighted by molar-refractivity contribution is 0.254. The Hall–Kier alpha value is -1.88. The fourth-order valence-corrected chi connectivity index (χ4v) is 2.56. The van der Waals surface area contributed by atoms with Gasteiger partial charge in [0.1, 0.15) is 5.82 Å². The maximum absolute atomic E-state index is 4.55. The van der Waals surface area contributed by atoms with Gasteiger partial charge in [0.2, 0.25) is 5.95 Å². The van der Waals surface area contributed by atoms with Crippen LogP contribution in [0.4, 0.5) is 11.8 Å². The number of nitrogens with zero attached hydrogens (tertiary/aromatic N) is 3. The maximum Gasteiger partial charge on any atom is 0.224 e.